The van der Waals surface area contributed by atoms with Gasteiger partial charge in [-0.05, 0) is 34.6 Å². The summed E-state index contributed by atoms with van der Waals surface area (Å²) in [6.07, 6.45) is 0. The lowest BCUT2D eigenvalue weighted by molar-refractivity contribution is -0.139. The van der Waals surface area contributed by atoms with Crippen molar-refractivity contribution in [1.29, 1.82) is 0 Å². The second kappa shape index (κ2) is 4.80. The first-order valence-electron chi connectivity index (χ1n) is 5.33. The number of sulfone groups is 2. The molecule has 0 aromatic rings. The number of carbonyl (C=O) groups is 1. The fourth-order valence-corrected chi connectivity index (χ4v) is 4.06. The summed E-state index contributed by atoms with van der Waals surface area (Å²) in [5.41, 5.74) is 0. The fourth-order valence-electron chi connectivity index (χ4n) is 0.914. The predicted octanol–water partition coefficient (Wildman–Crippen LogP) is 0.478. The third-order valence-corrected chi connectivity index (χ3v) is 8.18. The van der Waals surface area contributed by atoms with Gasteiger partial charge in [0, 0.05) is 0 Å². The Morgan fingerprint density at radius 3 is 1.50 bits per heavy atom. The number of aliphatic carboxylic acids is 1. The van der Waals surface area contributed by atoms with Gasteiger partial charge in [0.05, 0.1) is 16.3 Å². The van der Waals surface area contributed by atoms with Crippen LogP contribution in [0.25, 0.3) is 0 Å². The normalized spacial score (nSPS) is 14.5. The molecule has 1 N–H and O–H groups in total. The van der Waals surface area contributed by atoms with Crippen molar-refractivity contribution in [2.45, 2.75) is 44.1 Å². The first-order chi connectivity index (χ1) is 7.65. The van der Waals surface area contributed by atoms with E-state index in [0.29, 0.717) is 0 Å². The van der Waals surface area contributed by atoms with Crippen LogP contribution in [-0.4, -0.2) is 48.9 Å². The van der Waals surface area contributed by atoms with E-state index in [1.165, 1.54) is 20.8 Å². The third kappa shape index (κ3) is 3.44. The zero-order valence-electron chi connectivity index (χ0n) is 11.2. The van der Waals surface area contributed by atoms with Crippen molar-refractivity contribution in [1.82, 2.24) is 0 Å². The Bertz CT molecular complexity index is 519. The second-order valence-corrected chi connectivity index (χ2v) is 11.1. The van der Waals surface area contributed by atoms with Gasteiger partial charge >= 0.3 is 5.97 Å². The highest BCUT2D eigenvalue weighted by Gasteiger charge is 2.43. The molecule has 8 heteroatoms. The molecule has 0 aromatic carbocycles. The molecule has 0 saturated heterocycles. The Kier molecular flexibility index (Phi) is 4.64. The molecule has 0 amide bonds. The minimum Gasteiger partial charge on any atom is -0.480 e. The van der Waals surface area contributed by atoms with Gasteiger partial charge in [-0.1, -0.05) is 0 Å². The Hall–Kier alpha value is -0.630. The summed E-state index contributed by atoms with van der Waals surface area (Å²) < 4.78 is 44.2. The lowest BCUT2D eigenvalue weighted by Crippen LogP contribution is -2.44. The Labute approximate surface area is 108 Å². The van der Waals surface area contributed by atoms with Gasteiger partial charge in [0.15, 0.2) is 24.4 Å². The molecule has 0 unspecified atom stereocenters. The van der Waals surface area contributed by atoms with Crippen LogP contribution < -0.4 is 0 Å². The van der Waals surface area contributed by atoms with Gasteiger partial charge in [-0.3, -0.25) is 4.79 Å². The maximum atomic E-state index is 11.8. The monoisotopic (exact) mass is 300 g/mol. The summed E-state index contributed by atoms with van der Waals surface area (Å²) in [5, 5.41) is 8.84. The Balaban J connectivity index is 5.14. The average Bonchev–Trinajstić information content (AvgIpc) is 2.12. The van der Waals surface area contributed by atoms with Crippen LogP contribution in [0.2, 0.25) is 0 Å². The molecule has 0 aliphatic carbocycles. The molecule has 0 aromatic heterocycles. The molecule has 0 aliphatic rings. The lowest BCUT2D eigenvalue weighted by Gasteiger charge is -2.22. The standard InChI is InChI=1S/C10H20O6S2/c1-9(2,3)17(13,14)6-7-18(15,16)10(4,5)8(11)12/h6-7H2,1-5H3,(H,11,12). The SMILES string of the molecule is CC(C)(C)S(=O)(=O)CCS(=O)(=O)C(C)(C)C(=O)O. The molecule has 0 radical (unpaired) electrons. The van der Waals surface area contributed by atoms with E-state index in [0.717, 1.165) is 13.8 Å². The summed E-state index contributed by atoms with van der Waals surface area (Å²) in [6.45, 7) is 6.51. The van der Waals surface area contributed by atoms with Crippen LogP contribution in [-0.2, 0) is 24.5 Å². The van der Waals surface area contributed by atoms with Crippen molar-refractivity contribution < 1.29 is 26.7 Å². The number of rotatable bonds is 5. The number of hydrogen-bond donors (Lipinski definition) is 1. The maximum Gasteiger partial charge on any atom is 0.324 e. The third-order valence-electron chi connectivity index (χ3n) is 2.85. The van der Waals surface area contributed by atoms with Crippen molar-refractivity contribution in [2.75, 3.05) is 11.5 Å². The van der Waals surface area contributed by atoms with Gasteiger partial charge < -0.3 is 5.11 Å². The van der Waals surface area contributed by atoms with Crippen LogP contribution in [0.15, 0.2) is 0 Å². The molecule has 0 heterocycles. The van der Waals surface area contributed by atoms with E-state index >= 15 is 0 Å². The minimum atomic E-state index is -4.03. The van der Waals surface area contributed by atoms with Gasteiger partial charge in [-0.15, -0.1) is 0 Å². The van der Waals surface area contributed by atoms with Crippen LogP contribution in [0.4, 0.5) is 0 Å². The molecule has 0 rings (SSSR count). The zero-order valence-corrected chi connectivity index (χ0v) is 12.9. The highest BCUT2D eigenvalue weighted by molar-refractivity contribution is 7.96. The summed E-state index contributed by atoms with van der Waals surface area (Å²) >= 11 is 0. The second-order valence-electron chi connectivity index (χ2n) is 5.57. The molecule has 18 heavy (non-hydrogen) atoms. The number of carboxylic acids is 1. The molecular formula is C10H20O6S2. The number of carboxylic acid groups (broad SMARTS) is 1. The quantitative estimate of drug-likeness (QED) is 0.791. The smallest absolute Gasteiger partial charge is 0.324 e. The van der Waals surface area contributed by atoms with Crippen molar-refractivity contribution in [2.24, 2.45) is 0 Å². The predicted molar refractivity (Wildman–Crippen MR) is 69.0 cm³/mol. The van der Waals surface area contributed by atoms with Gasteiger partial charge in [0.1, 0.15) is 0 Å². The van der Waals surface area contributed by atoms with Crippen LogP contribution in [0.5, 0.6) is 0 Å². The van der Waals surface area contributed by atoms with Gasteiger partial charge in [0.2, 0.25) is 0 Å². The molecule has 6 nitrogen and oxygen atoms in total. The molecule has 108 valence electrons. The molecule has 0 aliphatic heterocycles. The summed E-state index contributed by atoms with van der Waals surface area (Å²) in [5.74, 6) is -2.75. The highest BCUT2D eigenvalue weighted by Crippen LogP contribution is 2.21. The van der Waals surface area contributed by atoms with E-state index in [1.54, 1.807) is 0 Å². The zero-order chi connectivity index (χ0) is 15.0. The van der Waals surface area contributed by atoms with Crippen LogP contribution in [0, 0.1) is 0 Å². The Morgan fingerprint density at radius 1 is 0.889 bits per heavy atom. The van der Waals surface area contributed by atoms with Crippen molar-refractivity contribution in [3.8, 4) is 0 Å². The first kappa shape index (κ1) is 17.4. The largest absolute Gasteiger partial charge is 0.480 e. The van der Waals surface area contributed by atoms with E-state index in [4.69, 9.17) is 5.11 Å². The summed E-state index contributed by atoms with van der Waals surface area (Å²) in [4.78, 5) is 10.9. The van der Waals surface area contributed by atoms with E-state index in [9.17, 15) is 21.6 Å². The van der Waals surface area contributed by atoms with Gasteiger partial charge in [-0.2, -0.15) is 0 Å². The first-order valence-corrected chi connectivity index (χ1v) is 8.63. The molecule has 0 spiro atoms. The topological polar surface area (TPSA) is 106 Å². The van der Waals surface area contributed by atoms with Crippen molar-refractivity contribution in [3.05, 3.63) is 0 Å². The van der Waals surface area contributed by atoms with Crippen LogP contribution >= 0.6 is 0 Å². The molecule has 0 bridgehead atoms. The fraction of sp³-hybridized carbons (Fsp3) is 0.900. The van der Waals surface area contributed by atoms with Gasteiger partial charge in [-0.25, -0.2) is 16.8 Å². The molecule has 0 fully saturated rings. The van der Waals surface area contributed by atoms with E-state index < -0.39 is 46.6 Å². The van der Waals surface area contributed by atoms with Crippen molar-refractivity contribution >= 4 is 25.6 Å². The summed E-state index contributed by atoms with van der Waals surface area (Å²) in [7, 11) is -7.62. The van der Waals surface area contributed by atoms with Crippen molar-refractivity contribution in [3.63, 3.8) is 0 Å². The van der Waals surface area contributed by atoms with E-state index in [1.807, 2.05) is 0 Å². The van der Waals surface area contributed by atoms with E-state index in [-0.39, 0.29) is 0 Å². The van der Waals surface area contributed by atoms with Gasteiger partial charge in [0.25, 0.3) is 0 Å². The molecule has 0 atom stereocenters. The Morgan fingerprint density at radius 2 is 1.22 bits per heavy atom. The number of hydrogen-bond acceptors (Lipinski definition) is 5. The summed E-state index contributed by atoms with van der Waals surface area (Å²) in [6, 6.07) is 0. The molecular weight excluding hydrogens is 280 g/mol. The minimum absolute atomic E-state index is 0.574. The maximum absolute atomic E-state index is 11.8. The van der Waals surface area contributed by atoms with Crippen LogP contribution in [0.3, 0.4) is 0 Å². The average molecular weight is 300 g/mol. The highest BCUT2D eigenvalue weighted by atomic mass is 32.2. The van der Waals surface area contributed by atoms with E-state index in [2.05, 4.69) is 0 Å². The molecule has 0 saturated carbocycles. The lowest BCUT2D eigenvalue weighted by atomic mass is 10.2. The van der Waals surface area contributed by atoms with Crippen LogP contribution in [0.1, 0.15) is 34.6 Å².